The summed E-state index contributed by atoms with van der Waals surface area (Å²) in [6, 6.07) is 0. The molecule has 0 atom stereocenters. The average molecular weight is 306 g/mol. The molecule has 1 aromatic heterocycles. The number of nitrogens with zero attached hydrogens (tertiary/aromatic N) is 3. The summed E-state index contributed by atoms with van der Waals surface area (Å²) in [5.74, 6) is 2.17. The zero-order chi connectivity index (χ0) is 12.8. The molecule has 0 amide bonds. The molecule has 0 N–H and O–H groups in total. The Labute approximate surface area is 115 Å². The number of aryl methyl sites for hydroxylation is 1. The van der Waals surface area contributed by atoms with E-state index in [4.69, 9.17) is 11.6 Å². The summed E-state index contributed by atoms with van der Waals surface area (Å²) in [5.41, 5.74) is 0.989. The Morgan fingerprint density at radius 2 is 1.94 bits per heavy atom. The maximum atomic E-state index is 11.4. The summed E-state index contributed by atoms with van der Waals surface area (Å²) >= 11 is 7.65. The third-order valence-electron chi connectivity index (χ3n) is 3.12. The number of hydrogen-bond donors (Lipinski definition) is 0. The molecule has 0 radical (unpaired) electrons. The van der Waals surface area contributed by atoms with E-state index < -0.39 is 9.84 Å². The van der Waals surface area contributed by atoms with E-state index >= 15 is 0 Å². The zero-order valence-corrected chi connectivity index (χ0v) is 12.0. The van der Waals surface area contributed by atoms with Gasteiger partial charge in [0.1, 0.15) is 5.82 Å². The quantitative estimate of drug-likeness (QED) is 0.722. The van der Waals surface area contributed by atoms with Crippen molar-refractivity contribution in [2.24, 2.45) is 0 Å². The van der Waals surface area contributed by atoms with Crippen LogP contribution in [0.2, 0.25) is 5.28 Å². The Hall–Kier alpha value is -0.530. The summed E-state index contributed by atoms with van der Waals surface area (Å²) < 4.78 is 22.9. The largest absolute Gasteiger partial charge is 0.353 e. The fraction of sp³-hybridized carbons (Fsp3) is 0.600. The van der Waals surface area contributed by atoms with Crippen molar-refractivity contribution < 1.29 is 8.42 Å². The number of hydrogen-bond acceptors (Lipinski definition) is 6. The molecule has 5 nitrogen and oxygen atoms in total. The van der Waals surface area contributed by atoms with Crippen molar-refractivity contribution in [2.75, 3.05) is 35.2 Å². The molecule has 0 unspecified atom stereocenters. The number of fused-ring (bicyclic) bond motifs is 1. The van der Waals surface area contributed by atoms with E-state index in [1.807, 2.05) is 4.90 Å². The van der Waals surface area contributed by atoms with Crippen molar-refractivity contribution >= 4 is 39.0 Å². The highest BCUT2D eigenvalue weighted by Gasteiger charge is 2.28. The second-order valence-corrected chi connectivity index (χ2v) is 8.08. The highest BCUT2D eigenvalue weighted by molar-refractivity contribution is 7.99. The van der Waals surface area contributed by atoms with E-state index in [0.29, 0.717) is 13.1 Å². The predicted molar refractivity (Wildman–Crippen MR) is 72.3 cm³/mol. The number of rotatable bonds is 1. The Kier molecular flexibility index (Phi) is 3.15. The van der Waals surface area contributed by atoms with Gasteiger partial charge in [-0.3, -0.25) is 0 Å². The Bertz CT molecular complexity index is 577. The van der Waals surface area contributed by atoms with E-state index in [-0.39, 0.29) is 16.8 Å². The Balaban J connectivity index is 1.94. The lowest BCUT2D eigenvalue weighted by Crippen LogP contribution is -2.41. The summed E-state index contributed by atoms with van der Waals surface area (Å²) in [6.45, 7) is 0.978. The summed E-state index contributed by atoms with van der Waals surface area (Å²) in [5, 5.41) is 0.250. The third kappa shape index (κ3) is 2.31. The van der Waals surface area contributed by atoms with Crippen molar-refractivity contribution in [2.45, 2.75) is 11.3 Å². The minimum absolute atomic E-state index is 0.189. The molecular weight excluding hydrogens is 294 g/mol. The van der Waals surface area contributed by atoms with Gasteiger partial charge in [0.15, 0.2) is 9.84 Å². The molecule has 1 saturated heterocycles. The number of aromatic nitrogens is 2. The van der Waals surface area contributed by atoms with Gasteiger partial charge in [0, 0.05) is 25.3 Å². The van der Waals surface area contributed by atoms with E-state index in [0.717, 1.165) is 28.6 Å². The fourth-order valence-electron chi connectivity index (χ4n) is 2.16. The van der Waals surface area contributed by atoms with Gasteiger partial charge < -0.3 is 4.90 Å². The van der Waals surface area contributed by atoms with Gasteiger partial charge in [-0.2, -0.15) is 4.98 Å². The number of halogens is 1. The van der Waals surface area contributed by atoms with Gasteiger partial charge in [-0.05, 0) is 11.6 Å². The number of thioether (sulfide) groups is 1. The lowest BCUT2D eigenvalue weighted by atomic mass is 10.3. The molecule has 1 aromatic rings. The lowest BCUT2D eigenvalue weighted by molar-refractivity contribution is 0.586. The first-order valence-corrected chi connectivity index (χ1v) is 8.88. The summed E-state index contributed by atoms with van der Waals surface area (Å²) in [7, 11) is -2.87. The zero-order valence-electron chi connectivity index (χ0n) is 9.60. The molecule has 98 valence electrons. The molecule has 0 aromatic carbocycles. The summed E-state index contributed by atoms with van der Waals surface area (Å²) in [6.07, 6.45) is 0.904. The highest BCUT2D eigenvalue weighted by Crippen LogP contribution is 2.38. The normalized spacial score (nSPS) is 21.9. The van der Waals surface area contributed by atoms with Crippen molar-refractivity contribution in [3.8, 4) is 0 Å². The second-order valence-electron chi connectivity index (χ2n) is 4.33. The van der Waals surface area contributed by atoms with Gasteiger partial charge in [-0.25, -0.2) is 13.4 Å². The summed E-state index contributed by atoms with van der Waals surface area (Å²) in [4.78, 5) is 11.6. The van der Waals surface area contributed by atoms with Crippen LogP contribution in [0, 0.1) is 0 Å². The van der Waals surface area contributed by atoms with Crippen molar-refractivity contribution in [3.63, 3.8) is 0 Å². The van der Waals surface area contributed by atoms with Crippen LogP contribution in [-0.4, -0.2) is 48.7 Å². The second kappa shape index (κ2) is 4.54. The Morgan fingerprint density at radius 3 is 2.67 bits per heavy atom. The molecule has 0 bridgehead atoms. The molecule has 0 saturated carbocycles. The van der Waals surface area contributed by atoms with Crippen molar-refractivity contribution in [1.82, 2.24) is 9.97 Å². The van der Waals surface area contributed by atoms with E-state index in [1.54, 1.807) is 11.8 Å². The third-order valence-corrected chi connectivity index (χ3v) is 6.01. The van der Waals surface area contributed by atoms with Gasteiger partial charge in [0.25, 0.3) is 0 Å². The van der Waals surface area contributed by atoms with E-state index in [2.05, 4.69) is 9.97 Å². The van der Waals surface area contributed by atoms with Crippen LogP contribution < -0.4 is 4.90 Å². The standard InChI is InChI=1S/C10H12ClN3O2S2/c11-10-12-7-1-4-17-8(7)9(13-10)14-2-5-18(15,16)6-3-14/h1-6H2. The molecule has 3 heterocycles. The van der Waals surface area contributed by atoms with Gasteiger partial charge in [0.2, 0.25) is 5.28 Å². The number of anilines is 1. The SMILES string of the molecule is O=S1(=O)CCN(c2nc(Cl)nc3c2SCC3)CC1. The maximum Gasteiger partial charge on any atom is 0.224 e. The van der Waals surface area contributed by atoms with Crippen LogP contribution in [0.3, 0.4) is 0 Å². The highest BCUT2D eigenvalue weighted by atomic mass is 35.5. The fourth-order valence-corrected chi connectivity index (χ4v) is 4.66. The van der Waals surface area contributed by atoms with Gasteiger partial charge in [-0.1, -0.05) is 0 Å². The van der Waals surface area contributed by atoms with Crippen LogP contribution in [0.4, 0.5) is 5.82 Å². The molecule has 2 aliphatic heterocycles. The van der Waals surface area contributed by atoms with Gasteiger partial charge in [-0.15, -0.1) is 11.8 Å². The van der Waals surface area contributed by atoms with Crippen LogP contribution in [0.5, 0.6) is 0 Å². The molecular formula is C10H12ClN3O2S2. The molecule has 1 fully saturated rings. The van der Waals surface area contributed by atoms with Crippen molar-refractivity contribution in [1.29, 1.82) is 0 Å². The smallest absolute Gasteiger partial charge is 0.224 e. The van der Waals surface area contributed by atoms with Gasteiger partial charge in [0.05, 0.1) is 22.1 Å². The predicted octanol–water partition coefficient (Wildman–Crippen LogP) is 1.01. The van der Waals surface area contributed by atoms with E-state index in [9.17, 15) is 8.42 Å². The first-order chi connectivity index (χ1) is 8.55. The van der Waals surface area contributed by atoms with Crippen LogP contribution in [-0.2, 0) is 16.3 Å². The first kappa shape index (κ1) is 12.5. The van der Waals surface area contributed by atoms with Crippen LogP contribution >= 0.6 is 23.4 Å². The van der Waals surface area contributed by atoms with Crippen LogP contribution in [0.1, 0.15) is 5.69 Å². The number of sulfone groups is 1. The van der Waals surface area contributed by atoms with Gasteiger partial charge >= 0.3 is 0 Å². The minimum atomic E-state index is -2.87. The molecule has 3 rings (SSSR count). The lowest BCUT2D eigenvalue weighted by Gasteiger charge is -2.28. The van der Waals surface area contributed by atoms with Crippen LogP contribution in [0.15, 0.2) is 4.90 Å². The maximum absolute atomic E-state index is 11.4. The molecule has 18 heavy (non-hydrogen) atoms. The first-order valence-electron chi connectivity index (χ1n) is 5.70. The average Bonchev–Trinajstić information content (AvgIpc) is 2.76. The minimum Gasteiger partial charge on any atom is -0.353 e. The van der Waals surface area contributed by atoms with Crippen LogP contribution in [0.25, 0.3) is 0 Å². The van der Waals surface area contributed by atoms with E-state index in [1.165, 1.54) is 0 Å². The monoisotopic (exact) mass is 305 g/mol. The molecule has 8 heteroatoms. The molecule has 0 spiro atoms. The van der Waals surface area contributed by atoms with Crippen molar-refractivity contribution in [3.05, 3.63) is 11.0 Å². The topological polar surface area (TPSA) is 63.2 Å². The molecule has 2 aliphatic rings. The molecule has 0 aliphatic carbocycles. The Morgan fingerprint density at radius 1 is 1.22 bits per heavy atom.